The van der Waals surface area contributed by atoms with E-state index >= 15 is 0 Å². The summed E-state index contributed by atoms with van der Waals surface area (Å²) in [4.78, 5) is 27.8. The Hall–Kier alpha value is -7.67. The lowest BCUT2D eigenvalue weighted by molar-refractivity contribution is 0.263. The maximum Gasteiger partial charge on any atom is 0.164 e. The second-order valence-corrected chi connectivity index (χ2v) is 17.5. The van der Waals surface area contributed by atoms with Crippen molar-refractivity contribution in [3.63, 3.8) is 0 Å². The van der Waals surface area contributed by atoms with Crippen molar-refractivity contribution in [3.05, 3.63) is 163 Å². The van der Waals surface area contributed by atoms with Gasteiger partial charge < -0.3 is 42.1 Å². The molecule has 0 aliphatic carbocycles. The Labute approximate surface area is 436 Å². The van der Waals surface area contributed by atoms with Gasteiger partial charge in [0.1, 0.15) is 17.5 Å². The van der Waals surface area contributed by atoms with E-state index in [1.165, 1.54) is 36.4 Å². The van der Waals surface area contributed by atoms with Crippen molar-refractivity contribution < 1.29 is 33.6 Å². The number of aromatic nitrogens is 6. The Morgan fingerprint density at radius 3 is 0.680 bits per heavy atom. The number of anilines is 3. The Balaban J connectivity index is 0.000000236. The molecule has 0 amide bonds. The summed E-state index contributed by atoms with van der Waals surface area (Å²) in [7, 11) is 0. The van der Waals surface area contributed by atoms with Gasteiger partial charge in [0.05, 0.1) is 26.4 Å². The second-order valence-electron chi connectivity index (χ2n) is 17.5. The average molecular weight is 1020 g/mol. The van der Waals surface area contributed by atoms with Gasteiger partial charge in [-0.1, -0.05) is 27.7 Å². The molecular weight excluding hydrogens is 958 g/mol. The number of hydrogen-bond acceptors (Lipinski definition) is 14. The normalized spacial score (nSPS) is 12.5. The molecule has 8 rings (SSSR count). The van der Waals surface area contributed by atoms with Gasteiger partial charge in [-0.05, 0) is 171 Å². The first-order valence-electron chi connectivity index (χ1n) is 25.0. The van der Waals surface area contributed by atoms with Crippen LogP contribution in [0, 0.1) is 17.5 Å². The summed E-state index contributed by atoms with van der Waals surface area (Å²) in [5.74, 6) is 1.56. The minimum atomic E-state index is -0.370. The first-order chi connectivity index (χ1) is 36.4. The molecule has 0 spiro atoms. The van der Waals surface area contributed by atoms with Crippen LogP contribution < -0.4 is 21.7 Å². The molecule has 4 unspecified atom stereocenters. The van der Waals surface area contributed by atoms with Crippen molar-refractivity contribution in [1.82, 2.24) is 29.9 Å². The molecule has 0 aliphatic rings. The fourth-order valence-corrected chi connectivity index (χ4v) is 7.14. The molecule has 0 aliphatic heterocycles. The van der Waals surface area contributed by atoms with Gasteiger partial charge in [0, 0.05) is 74.6 Å². The predicted molar refractivity (Wildman–Crippen MR) is 292 cm³/mol. The summed E-state index contributed by atoms with van der Waals surface area (Å²) in [5, 5.41) is 46.9. The van der Waals surface area contributed by atoms with Gasteiger partial charge in [-0.3, -0.25) is 0 Å². The minimum Gasteiger partial charge on any atom is -0.395 e. The monoisotopic (exact) mass is 1020 g/mol. The van der Waals surface area contributed by atoms with E-state index in [4.69, 9.17) is 25.8 Å². The van der Waals surface area contributed by atoms with E-state index in [9.17, 15) is 28.5 Å². The number of nitrogens with one attached hydrogen (secondary N) is 3. The number of nitrogens with zero attached hydrogens (tertiary/aromatic N) is 6. The lowest BCUT2D eigenvalue weighted by atomic mass is 10.1. The van der Waals surface area contributed by atoms with Crippen LogP contribution in [0.4, 0.5) is 30.2 Å². The van der Waals surface area contributed by atoms with Crippen molar-refractivity contribution in [2.24, 2.45) is 5.73 Å². The van der Waals surface area contributed by atoms with Crippen LogP contribution in [0.2, 0.25) is 0 Å². The van der Waals surface area contributed by atoms with Crippen molar-refractivity contribution in [3.8, 4) is 68.3 Å². The van der Waals surface area contributed by atoms with Crippen LogP contribution in [0.15, 0.2) is 146 Å². The zero-order chi connectivity index (χ0) is 53.7. The zero-order valence-corrected chi connectivity index (χ0v) is 42.5. The van der Waals surface area contributed by atoms with Crippen LogP contribution in [0.1, 0.15) is 53.4 Å². The molecule has 2 heterocycles. The molecule has 392 valence electrons. The number of aliphatic hydroxyl groups is 4. The molecule has 0 saturated carbocycles. The number of hydrogen-bond donors (Lipinski definition) is 8. The topological polar surface area (TPSA) is 220 Å². The Kier molecular flexibility index (Phi) is 21.7. The van der Waals surface area contributed by atoms with Gasteiger partial charge in [-0.25, -0.2) is 43.1 Å². The van der Waals surface area contributed by atoms with E-state index in [0.29, 0.717) is 51.6 Å². The highest BCUT2D eigenvalue weighted by Gasteiger charge is 2.16. The van der Waals surface area contributed by atoms with Gasteiger partial charge in [0.15, 0.2) is 34.9 Å². The summed E-state index contributed by atoms with van der Waals surface area (Å²) >= 11 is 0. The highest BCUT2D eigenvalue weighted by molar-refractivity contribution is 5.70. The molecule has 14 nitrogen and oxygen atoms in total. The van der Waals surface area contributed by atoms with Gasteiger partial charge in [-0.2, -0.15) is 0 Å². The molecule has 17 heteroatoms. The van der Waals surface area contributed by atoms with Crippen LogP contribution in [0.3, 0.4) is 0 Å². The largest absolute Gasteiger partial charge is 0.395 e. The van der Waals surface area contributed by atoms with E-state index in [1.54, 1.807) is 36.4 Å². The van der Waals surface area contributed by atoms with E-state index in [-0.39, 0.29) is 68.0 Å². The van der Waals surface area contributed by atoms with Gasteiger partial charge in [0.2, 0.25) is 0 Å². The highest BCUT2D eigenvalue weighted by Crippen LogP contribution is 2.29. The predicted octanol–water partition coefficient (Wildman–Crippen LogP) is 10.4. The number of halogens is 3. The molecule has 4 atom stereocenters. The Morgan fingerprint density at radius 1 is 0.333 bits per heavy atom. The number of aliphatic hydroxyl groups excluding tert-OH is 4. The maximum atomic E-state index is 13.2. The van der Waals surface area contributed by atoms with Gasteiger partial charge in [0.25, 0.3) is 0 Å². The second kappa shape index (κ2) is 28.7. The quantitative estimate of drug-likeness (QED) is 0.0356. The molecular formula is C58H65F3N10O4. The van der Waals surface area contributed by atoms with Gasteiger partial charge in [-0.15, -0.1) is 0 Å². The van der Waals surface area contributed by atoms with Gasteiger partial charge >= 0.3 is 0 Å². The third-order valence-corrected chi connectivity index (χ3v) is 12.0. The van der Waals surface area contributed by atoms with Crippen molar-refractivity contribution in [2.75, 3.05) is 42.4 Å². The summed E-state index contributed by atoms with van der Waals surface area (Å²) in [5.41, 5.74) is 12.3. The van der Waals surface area contributed by atoms with Crippen molar-refractivity contribution >= 4 is 17.1 Å². The Bertz CT molecular complexity index is 2610. The third kappa shape index (κ3) is 16.7. The lowest BCUT2D eigenvalue weighted by Gasteiger charge is -2.16. The van der Waals surface area contributed by atoms with E-state index in [0.717, 1.165) is 59.4 Å². The lowest BCUT2D eigenvalue weighted by Crippen LogP contribution is -2.22. The minimum absolute atomic E-state index is 0.00359. The molecule has 2 aromatic heterocycles. The summed E-state index contributed by atoms with van der Waals surface area (Å²) in [6.45, 7) is 8.36. The van der Waals surface area contributed by atoms with E-state index in [1.807, 2.05) is 100 Å². The SMILES string of the molecule is CCC(CO)Nc1ccc(-c2nc(-c3ccc(NC(CC)CO)cc3)nc(-c3ccc(NC(CC)CO)cc3)n2)cc1.CCC(N)CO.Fc1ccc(-c2nc(-c3ccc(F)cc3)nc(-c3ccc(F)cc3)n2)cc1. The van der Waals surface area contributed by atoms with Crippen molar-refractivity contribution in [2.45, 2.75) is 77.5 Å². The third-order valence-electron chi connectivity index (χ3n) is 12.0. The van der Waals surface area contributed by atoms with Crippen molar-refractivity contribution in [1.29, 1.82) is 0 Å². The van der Waals surface area contributed by atoms with Crippen LogP contribution >= 0.6 is 0 Å². The van der Waals surface area contributed by atoms with Crippen LogP contribution in [0.5, 0.6) is 0 Å². The first kappa shape index (κ1) is 56.6. The molecule has 0 radical (unpaired) electrons. The summed E-state index contributed by atoms with van der Waals surface area (Å²) in [6.07, 6.45) is 3.31. The zero-order valence-electron chi connectivity index (χ0n) is 42.5. The average Bonchev–Trinajstić information content (AvgIpc) is 3.46. The van der Waals surface area contributed by atoms with E-state index < -0.39 is 0 Å². The molecule has 8 aromatic rings. The standard InChI is InChI=1S/C33H42N6O3.C21H12F3N3.C4H11NO/c1-4-25(19-40)34-28-13-7-22(8-14-28)31-37-32(23-9-15-29(16-10-23)35-26(5-2)20-41)39-33(38-31)24-11-17-30(18-12-24)36-27(6-3)21-42;22-16-7-1-13(2-8-16)19-25-20(14-3-9-17(23)10-4-14)27-21(26-19)15-5-11-18(24)12-6-15;1-2-4(5)3-6/h7-18,25-27,34-36,40-42H,4-6,19-21H2,1-3H3;1-12H;4,6H,2-3,5H2,1H3. The number of nitrogens with two attached hydrogens (primary N) is 1. The number of rotatable bonds is 20. The van der Waals surface area contributed by atoms with E-state index in [2.05, 4.69) is 30.9 Å². The molecule has 0 bridgehead atoms. The first-order valence-corrected chi connectivity index (χ1v) is 25.0. The van der Waals surface area contributed by atoms with Crippen LogP contribution in [0.25, 0.3) is 68.3 Å². The smallest absolute Gasteiger partial charge is 0.164 e. The van der Waals surface area contributed by atoms with Crippen LogP contribution in [-0.2, 0) is 0 Å². The molecule has 9 N–H and O–H groups in total. The highest BCUT2D eigenvalue weighted by atomic mass is 19.1. The Morgan fingerprint density at radius 2 is 0.533 bits per heavy atom. The molecule has 6 aromatic carbocycles. The van der Waals surface area contributed by atoms with Crippen LogP contribution in [-0.4, -0.2) is 101 Å². The molecule has 75 heavy (non-hydrogen) atoms. The summed E-state index contributed by atoms with van der Waals surface area (Å²) < 4.78 is 39.7. The summed E-state index contributed by atoms with van der Waals surface area (Å²) in [6, 6.07) is 40.8. The fraction of sp³-hybridized carbons (Fsp3) is 0.276. The fourth-order valence-electron chi connectivity index (χ4n) is 7.14. The maximum absolute atomic E-state index is 13.2. The molecule has 0 saturated heterocycles. The molecule has 0 fully saturated rings. The number of benzene rings is 6.